The zero-order chi connectivity index (χ0) is 24.7. The zero-order valence-corrected chi connectivity index (χ0v) is 20.4. The molecule has 178 valence electrons. The van der Waals surface area contributed by atoms with Crippen LogP contribution in [-0.2, 0) is 24.7 Å². The maximum absolute atomic E-state index is 13.2. The van der Waals surface area contributed by atoms with Gasteiger partial charge in [0.2, 0.25) is 0 Å². The van der Waals surface area contributed by atoms with E-state index in [-0.39, 0.29) is 24.5 Å². The van der Waals surface area contributed by atoms with Crippen molar-refractivity contribution in [2.24, 2.45) is 13.0 Å². The number of carboxylic acid groups (broad SMARTS) is 1. The lowest BCUT2D eigenvalue weighted by Crippen LogP contribution is -2.12. The van der Waals surface area contributed by atoms with E-state index in [9.17, 15) is 9.59 Å². The zero-order valence-electron chi connectivity index (χ0n) is 19.7. The third-order valence-corrected chi connectivity index (χ3v) is 6.34. The third kappa shape index (κ3) is 6.45. The number of unbranched alkanes of at least 4 members (excludes halogenated alkanes) is 3. The summed E-state index contributed by atoms with van der Waals surface area (Å²) in [5.74, 6) is -1.21. The number of pyridine rings is 1. The Morgan fingerprint density at radius 3 is 2.59 bits per heavy atom. The number of nitrogens with zero attached hydrogens (tertiary/aromatic N) is 3. The number of rotatable bonds is 12. The summed E-state index contributed by atoms with van der Waals surface area (Å²) in [6.07, 6.45) is 7.45. The number of aryl methyl sites for hydroxylation is 2. The Labute approximate surface area is 205 Å². The van der Waals surface area contributed by atoms with Gasteiger partial charge in [-0.3, -0.25) is 9.59 Å². The second kappa shape index (κ2) is 11.8. The number of hydrogen-bond donors (Lipinski definition) is 1. The Balaban J connectivity index is 1.67. The van der Waals surface area contributed by atoms with Crippen molar-refractivity contribution in [1.82, 2.24) is 9.55 Å². The molecule has 0 spiro atoms. The number of hydrogen-bond acceptors (Lipinski definition) is 4. The number of aliphatic carboxylic acids is 1. The van der Waals surface area contributed by atoms with E-state index in [0.29, 0.717) is 21.8 Å². The van der Waals surface area contributed by atoms with E-state index in [2.05, 4.69) is 17.1 Å². The quantitative estimate of drug-likeness (QED) is 0.249. The molecule has 2 aromatic heterocycles. The molecule has 0 amide bonds. The number of carbonyl (C=O) groups is 2. The second-order valence-electron chi connectivity index (χ2n) is 8.96. The first kappa shape index (κ1) is 25.5. The van der Waals surface area contributed by atoms with Gasteiger partial charge < -0.3 is 9.67 Å². The Morgan fingerprint density at radius 2 is 1.88 bits per heavy atom. The van der Waals surface area contributed by atoms with Gasteiger partial charge in [-0.15, -0.1) is 0 Å². The normalized spacial score (nSPS) is 11.9. The van der Waals surface area contributed by atoms with Crippen LogP contribution >= 0.6 is 11.6 Å². The van der Waals surface area contributed by atoms with Gasteiger partial charge in [0.05, 0.1) is 16.7 Å². The van der Waals surface area contributed by atoms with Crippen molar-refractivity contribution in [3.63, 3.8) is 0 Å². The Bertz CT molecular complexity index is 1230. The highest BCUT2D eigenvalue weighted by Crippen LogP contribution is 2.30. The minimum absolute atomic E-state index is 0.0396. The summed E-state index contributed by atoms with van der Waals surface area (Å²) in [6.45, 7) is 1.79. The molecule has 0 saturated heterocycles. The molecule has 1 aromatic carbocycles. The highest BCUT2D eigenvalue weighted by molar-refractivity contribution is 6.31. The average Bonchev–Trinajstić information content (AvgIpc) is 3.06. The largest absolute Gasteiger partial charge is 0.481 e. The Kier molecular flexibility index (Phi) is 8.84. The molecule has 2 heterocycles. The van der Waals surface area contributed by atoms with Crippen molar-refractivity contribution in [3.8, 4) is 6.07 Å². The van der Waals surface area contributed by atoms with E-state index < -0.39 is 5.97 Å². The maximum Gasteiger partial charge on any atom is 0.303 e. The molecule has 0 fully saturated rings. The standard InChI is InChI=1S/C27H30ClN3O3/c1-18(13-25(33)34)12-24(32)26-22-15-21(28)17-30-27(22)31(2)23(26)11-6-4-3-5-8-19-9-7-10-20(14-19)16-29/h7,9-10,14-15,17-18H,3-6,8,11-13H2,1-2H3,(H,33,34). The summed E-state index contributed by atoms with van der Waals surface area (Å²) in [6, 6.07) is 11.7. The number of benzene rings is 1. The van der Waals surface area contributed by atoms with Crippen LogP contribution < -0.4 is 0 Å². The monoisotopic (exact) mass is 479 g/mol. The first-order valence-corrected chi connectivity index (χ1v) is 12.0. The lowest BCUT2D eigenvalue weighted by atomic mass is 9.94. The molecule has 0 bridgehead atoms. The summed E-state index contributed by atoms with van der Waals surface area (Å²) < 4.78 is 1.97. The van der Waals surface area contributed by atoms with Crippen LogP contribution in [0.1, 0.15) is 72.6 Å². The van der Waals surface area contributed by atoms with Crippen LogP contribution in [-0.4, -0.2) is 26.4 Å². The SMILES string of the molecule is CC(CC(=O)O)CC(=O)c1c(CCCCCCc2cccc(C#N)c2)n(C)c2ncc(Cl)cc12. The van der Waals surface area contributed by atoms with Crippen LogP contribution in [0.5, 0.6) is 0 Å². The minimum atomic E-state index is -0.900. The number of nitriles is 1. The summed E-state index contributed by atoms with van der Waals surface area (Å²) >= 11 is 6.18. The fraction of sp³-hybridized carbons (Fsp3) is 0.407. The number of halogens is 1. The van der Waals surface area contributed by atoms with Crippen molar-refractivity contribution >= 4 is 34.4 Å². The van der Waals surface area contributed by atoms with E-state index in [4.69, 9.17) is 22.0 Å². The Morgan fingerprint density at radius 1 is 1.15 bits per heavy atom. The molecular formula is C27H30ClN3O3. The van der Waals surface area contributed by atoms with Gasteiger partial charge in [-0.1, -0.05) is 43.5 Å². The summed E-state index contributed by atoms with van der Waals surface area (Å²) in [5.41, 5.74) is 4.14. The molecule has 0 saturated carbocycles. The van der Waals surface area contributed by atoms with Crippen molar-refractivity contribution in [2.45, 2.75) is 58.3 Å². The molecule has 0 aliphatic rings. The fourth-order valence-electron chi connectivity index (χ4n) is 4.50. The lowest BCUT2D eigenvalue weighted by molar-refractivity contribution is -0.137. The van der Waals surface area contributed by atoms with E-state index in [1.54, 1.807) is 19.2 Å². The topological polar surface area (TPSA) is 96.0 Å². The number of aromatic nitrogens is 2. The maximum atomic E-state index is 13.2. The van der Waals surface area contributed by atoms with Gasteiger partial charge in [0.1, 0.15) is 5.65 Å². The third-order valence-electron chi connectivity index (χ3n) is 6.13. The molecule has 7 heteroatoms. The van der Waals surface area contributed by atoms with Gasteiger partial charge in [-0.2, -0.15) is 5.26 Å². The molecule has 0 aliphatic carbocycles. The van der Waals surface area contributed by atoms with Crippen LogP contribution in [0.25, 0.3) is 11.0 Å². The van der Waals surface area contributed by atoms with Crippen LogP contribution in [0.15, 0.2) is 36.5 Å². The van der Waals surface area contributed by atoms with Gasteiger partial charge in [0.25, 0.3) is 0 Å². The molecular weight excluding hydrogens is 450 g/mol. The van der Waals surface area contributed by atoms with E-state index in [1.165, 1.54) is 5.56 Å². The summed E-state index contributed by atoms with van der Waals surface area (Å²) in [7, 11) is 1.91. The van der Waals surface area contributed by atoms with Crippen molar-refractivity contribution in [1.29, 1.82) is 5.26 Å². The molecule has 0 aliphatic heterocycles. The molecule has 1 N–H and O–H groups in total. The highest BCUT2D eigenvalue weighted by Gasteiger charge is 2.24. The molecule has 3 aromatic rings. The predicted octanol–water partition coefficient (Wildman–Crippen LogP) is 6.13. The number of Topliss-reactive ketones (excluding diaryl/α,β-unsaturated/α-hetero) is 1. The number of ketones is 1. The first-order chi connectivity index (χ1) is 16.3. The number of carboxylic acids is 1. The molecule has 1 atom stereocenters. The van der Waals surface area contributed by atoms with Crippen molar-refractivity contribution in [3.05, 3.63) is 63.9 Å². The molecule has 34 heavy (non-hydrogen) atoms. The smallest absolute Gasteiger partial charge is 0.303 e. The van der Waals surface area contributed by atoms with Crippen LogP contribution in [0.4, 0.5) is 0 Å². The highest BCUT2D eigenvalue weighted by atomic mass is 35.5. The minimum Gasteiger partial charge on any atom is -0.481 e. The van der Waals surface area contributed by atoms with Gasteiger partial charge in [-0.05, 0) is 55.4 Å². The Hall–Kier alpha value is -3.17. The molecule has 1 unspecified atom stereocenters. The van der Waals surface area contributed by atoms with Crippen LogP contribution in [0.2, 0.25) is 5.02 Å². The van der Waals surface area contributed by atoms with Gasteiger partial charge in [0.15, 0.2) is 5.78 Å². The summed E-state index contributed by atoms with van der Waals surface area (Å²) in [5, 5.41) is 19.3. The first-order valence-electron chi connectivity index (χ1n) is 11.7. The van der Waals surface area contributed by atoms with E-state index in [1.807, 2.05) is 29.8 Å². The van der Waals surface area contributed by atoms with Crippen LogP contribution in [0, 0.1) is 17.2 Å². The fourth-order valence-corrected chi connectivity index (χ4v) is 4.66. The number of fused-ring (bicyclic) bond motifs is 1. The van der Waals surface area contributed by atoms with Gasteiger partial charge in [-0.25, -0.2) is 4.98 Å². The van der Waals surface area contributed by atoms with Crippen LogP contribution in [0.3, 0.4) is 0 Å². The van der Waals surface area contributed by atoms with Gasteiger partial charge in [0, 0.05) is 42.7 Å². The van der Waals surface area contributed by atoms with Crippen molar-refractivity contribution in [2.75, 3.05) is 0 Å². The number of carbonyl (C=O) groups excluding carboxylic acids is 1. The lowest BCUT2D eigenvalue weighted by Gasteiger charge is -2.10. The second-order valence-corrected chi connectivity index (χ2v) is 9.40. The molecule has 6 nitrogen and oxygen atoms in total. The van der Waals surface area contributed by atoms with Gasteiger partial charge >= 0.3 is 5.97 Å². The average molecular weight is 480 g/mol. The molecule has 3 rings (SSSR count). The van der Waals surface area contributed by atoms with E-state index in [0.717, 1.165) is 49.6 Å². The van der Waals surface area contributed by atoms with Crippen molar-refractivity contribution < 1.29 is 14.7 Å². The summed E-state index contributed by atoms with van der Waals surface area (Å²) in [4.78, 5) is 28.7. The molecule has 0 radical (unpaired) electrons. The predicted molar refractivity (Wildman–Crippen MR) is 133 cm³/mol. The van der Waals surface area contributed by atoms with E-state index >= 15 is 0 Å².